The molecule has 2 amide bonds. The summed E-state index contributed by atoms with van der Waals surface area (Å²) in [4.78, 5) is 26.7. The lowest BCUT2D eigenvalue weighted by atomic mass is 9.79. The van der Waals surface area contributed by atoms with Gasteiger partial charge in [-0.1, -0.05) is 60.7 Å². The van der Waals surface area contributed by atoms with Crippen molar-refractivity contribution in [3.05, 3.63) is 71.8 Å². The fourth-order valence-electron chi connectivity index (χ4n) is 4.32. The number of alkyl carbamates (subject to hydrolysis) is 1. The normalized spacial score (nSPS) is 16.6. The molecule has 1 aliphatic heterocycles. The first-order valence-corrected chi connectivity index (χ1v) is 11.3. The van der Waals surface area contributed by atoms with Gasteiger partial charge in [0, 0.05) is 19.5 Å². The maximum Gasteiger partial charge on any atom is 0.407 e. The summed E-state index contributed by atoms with van der Waals surface area (Å²) in [5.41, 5.74) is -0.282. The van der Waals surface area contributed by atoms with E-state index >= 15 is 0 Å². The molecule has 1 fully saturated rings. The minimum Gasteiger partial charge on any atom is -0.444 e. The van der Waals surface area contributed by atoms with E-state index in [1.807, 2.05) is 86.3 Å². The monoisotopic (exact) mass is 438 g/mol. The number of likely N-dealkylation sites (tertiary alicyclic amines) is 1. The molecule has 1 atom stereocenters. The van der Waals surface area contributed by atoms with Crippen LogP contribution < -0.4 is 5.32 Å². The first kappa shape index (κ1) is 23.8. The zero-order valence-corrected chi connectivity index (χ0v) is 19.2. The summed E-state index contributed by atoms with van der Waals surface area (Å²) in [5.74, 6) is -0.0104. The highest BCUT2D eigenvalue weighted by molar-refractivity contribution is 5.77. The van der Waals surface area contributed by atoms with Crippen molar-refractivity contribution in [2.45, 2.75) is 63.7 Å². The lowest BCUT2D eigenvalue weighted by molar-refractivity contribution is -0.136. The van der Waals surface area contributed by atoms with Gasteiger partial charge in [-0.25, -0.2) is 4.79 Å². The minimum atomic E-state index is -1.29. The summed E-state index contributed by atoms with van der Waals surface area (Å²) < 4.78 is 5.23. The predicted molar refractivity (Wildman–Crippen MR) is 124 cm³/mol. The average Bonchev–Trinajstić information content (AvgIpc) is 3.27. The van der Waals surface area contributed by atoms with Crippen LogP contribution in [0.4, 0.5) is 4.79 Å². The second-order valence-electron chi connectivity index (χ2n) is 9.28. The lowest BCUT2D eigenvalue weighted by Crippen LogP contribution is -2.50. The van der Waals surface area contributed by atoms with Gasteiger partial charge in [-0.3, -0.25) is 4.79 Å². The smallest absolute Gasteiger partial charge is 0.407 e. The highest BCUT2D eigenvalue weighted by Crippen LogP contribution is 2.40. The van der Waals surface area contributed by atoms with Crippen molar-refractivity contribution < 1.29 is 19.4 Å². The molecular formula is C26H34N2O4. The van der Waals surface area contributed by atoms with Gasteiger partial charge < -0.3 is 20.1 Å². The van der Waals surface area contributed by atoms with Gasteiger partial charge in [0.05, 0.1) is 6.04 Å². The SMILES string of the molecule is CC(C)(C)OC(=O)NCCCC(=O)N1CCC[C@H]1C(O)(c1ccccc1)c1ccccc1. The van der Waals surface area contributed by atoms with Gasteiger partial charge in [0.1, 0.15) is 11.2 Å². The third kappa shape index (κ3) is 5.68. The van der Waals surface area contributed by atoms with E-state index in [2.05, 4.69) is 5.32 Å². The highest BCUT2D eigenvalue weighted by Gasteiger charge is 2.46. The fraction of sp³-hybridized carbons (Fsp3) is 0.462. The summed E-state index contributed by atoms with van der Waals surface area (Å²) in [6.07, 6.45) is 1.89. The molecule has 32 heavy (non-hydrogen) atoms. The Morgan fingerprint density at radius 2 is 1.59 bits per heavy atom. The molecule has 0 bridgehead atoms. The lowest BCUT2D eigenvalue weighted by Gasteiger charge is -2.40. The van der Waals surface area contributed by atoms with Crippen LogP contribution in [-0.2, 0) is 15.1 Å². The molecule has 6 heteroatoms. The summed E-state index contributed by atoms with van der Waals surface area (Å²) in [6.45, 7) is 6.41. The third-order valence-corrected chi connectivity index (χ3v) is 5.72. The summed E-state index contributed by atoms with van der Waals surface area (Å²) in [7, 11) is 0. The maximum atomic E-state index is 13.1. The summed E-state index contributed by atoms with van der Waals surface area (Å²) in [6, 6.07) is 18.8. The van der Waals surface area contributed by atoms with E-state index < -0.39 is 17.3 Å². The van der Waals surface area contributed by atoms with Crippen LogP contribution in [0.3, 0.4) is 0 Å². The average molecular weight is 439 g/mol. The fourth-order valence-corrected chi connectivity index (χ4v) is 4.32. The van der Waals surface area contributed by atoms with Gasteiger partial charge >= 0.3 is 6.09 Å². The molecule has 1 saturated heterocycles. The molecule has 0 spiro atoms. The molecule has 0 saturated carbocycles. The molecule has 6 nitrogen and oxygen atoms in total. The van der Waals surface area contributed by atoms with Crippen LogP contribution in [0, 0.1) is 0 Å². The van der Waals surface area contributed by atoms with Crippen molar-refractivity contribution >= 4 is 12.0 Å². The molecule has 172 valence electrons. The maximum absolute atomic E-state index is 13.1. The number of aliphatic hydroxyl groups is 1. The largest absolute Gasteiger partial charge is 0.444 e. The number of hydrogen-bond acceptors (Lipinski definition) is 4. The summed E-state index contributed by atoms with van der Waals surface area (Å²) >= 11 is 0. The minimum absolute atomic E-state index is 0.0104. The van der Waals surface area contributed by atoms with Crippen LogP contribution in [-0.4, -0.2) is 46.7 Å². The van der Waals surface area contributed by atoms with Gasteiger partial charge in [-0.2, -0.15) is 0 Å². The van der Waals surface area contributed by atoms with E-state index in [1.54, 1.807) is 0 Å². The van der Waals surface area contributed by atoms with Gasteiger partial charge in [-0.05, 0) is 51.2 Å². The quantitative estimate of drug-likeness (QED) is 0.635. The molecule has 0 aromatic heterocycles. The summed E-state index contributed by atoms with van der Waals surface area (Å²) in [5, 5.41) is 14.8. The van der Waals surface area contributed by atoms with Crippen molar-refractivity contribution in [1.82, 2.24) is 10.2 Å². The number of nitrogens with zero attached hydrogens (tertiary/aromatic N) is 1. The Labute approximate surface area is 190 Å². The second kappa shape index (κ2) is 10.2. The molecule has 0 unspecified atom stereocenters. The Morgan fingerprint density at radius 3 is 2.12 bits per heavy atom. The van der Waals surface area contributed by atoms with Gasteiger partial charge in [-0.15, -0.1) is 0 Å². The van der Waals surface area contributed by atoms with E-state index in [9.17, 15) is 14.7 Å². The molecule has 0 aliphatic carbocycles. The molecule has 1 aliphatic rings. The van der Waals surface area contributed by atoms with Crippen LogP contribution in [0.25, 0.3) is 0 Å². The zero-order chi connectivity index (χ0) is 23.2. The van der Waals surface area contributed by atoms with Crippen LogP contribution in [0.15, 0.2) is 60.7 Å². The molecule has 2 aromatic rings. The molecule has 2 aromatic carbocycles. The number of nitrogens with one attached hydrogen (secondary N) is 1. The van der Waals surface area contributed by atoms with E-state index in [4.69, 9.17) is 4.74 Å². The van der Waals surface area contributed by atoms with Gasteiger partial charge in [0.15, 0.2) is 0 Å². The predicted octanol–water partition coefficient (Wildman–Crippen LogP) is 4.22. The Morgan fingerprint density at radius 1 is 1.03 bits per heavy atom. The first-order chi connectivity index (χ1) is 15.2. The number of carbonyl (C=O) groups excluding carboxylic acids is 2. The van der Waals surface area contributed by atoms with Crippen LogP contribution in [0.5, 0.6) is 0 Å². The van der Waals surface area contributed by atoms with E-state index in [-0.39, 0.29) is 11.9 Å². The first-order valence-electron chi connectivity index (χ1n) is 11.3. The Bertz CT molecular complexity index is 854. The Hall–Kier alpha value is -2.86. The van der Waals surface area contributed by atoms with Gasteiger partial charge in [0.2, 0.25) is 5.91 Å². The number of carbonyl (C=O) groups is 2. The number of ether oxygens (including phenoxy) is 1. The molecule has 0 radical (unpaired) electrons. The zero-order valence-electron chi connectivity index (χ0n) is 19.2. The highest BCUT2D eigenvalue weighted by atomic mass is 16.6. The Balaban J connectivity index is 1.70. The molecular weight excluding hydrogens is 404 g/mol. The van der Waals surface area contributed by atoms with E-state index in [0.717, 1.165) is 24.0 Å². The van der Waals surface area contributed by atoms with Crippen LogP contribution in [0.2, 0.25) is 0 Å². The second-order valence-corrected chi connectivity index (χ2v) is 9.28. The number of benzene rings is 2. The number of amides is 2. The standard InChI is InChI=1S/C26H34N2O4/c1-25(2,3)32-24(30)27-18-10-17-23(29)28-19-11-16-22(28)26(31,20-12-6-4-7-13-20)21-14-8-5-9-15-21/h4-9,12-15,22,31H,10-11,16-19H2,1-3H3,(H,27,30)/t22-/m0/s1. The van der Waals surface area contributed by atoms with Crippen molar-refractivity contribution in [3.63, 3.8) is 0 Å². The van der Waals surface area contributed by atoms with E-state index in [1.165, 1.54) is 0 Å². The van der Waals surface area contributed by atoms with Crippen molar-refractivity contribution in [1.29, 1.82) is 0 Å². The number of rotatable bonds is 7. The van der Waals surface area contributed by atoms with E-state index in [0.29, 0.717) is 25.9 Å². The Kier molecular flexibility index (Phi) is 7.56. The van der Waals surface area contributed by atoms with Crippen molar-refractivity contribution in [2.24, 2.45) is 0 Å². The number of hydrogen-bond donors (Lipinski definition) is 2. The van der Waals surface area contributed by atoms with Crippen molar-refractivity contribution in [3.8, 4) is 0 Å². The van der Waals surface area contributed by atoms with Gasteiger partial charge in [0.25, 0.3) is 0 Å². The molecule has 3 rings (SSSR count). The third-order valence-electron chi connectivity index (χ3n) is 5.72. The van der Waals surface area contributed by atoms with Crippen LogP contribution in [0.1, 0.15) is 57.6 Å². The topological polar surface area (TPSA) is 78.9 Å². The molecule has 2 N–H and O–H groups in total. The molecule has 1 heterocycles. The van der Waals surface area contributed by atoms with Crippen molar-refractivity contribution in [2.75, 3.05) is 13.1 Å². The van der Waals surface area contributed by atoms with Crippen LogP contribution >= 0.6 is 0 Å².